The lowest BCUT2D eigenvalue weighted by atomic mass is 10.1. The van der Waals surface area contributed by atoms with Gasteiger partial charge in [0.15, 0.2) is 11.5 Å². The summed E-state index contributed by atoms with van der Waals surface area (Å²) in [5.74, 6) is 2.44. The molecular weight excluding hydrogens is 226 g/mol. The van der Waals surface area contributed by atoms with Gasteiger partial charge in [0.1, 0.15) is 5.82 Å². The number of fused-ring (bicyclic) bond motifs is 1. The lowest BCUT2D eigenvalue weighted by molar-refractivity contribution is 0.573. The van der Waals surface area contributed by atoms with Crippen molar-refractivity contribution in [3.05, 3.63) is 18.6 Å². The molecule has 0 aliphatic heterocycles. The maximum Gasteiger partial charge on any atom is 0.180 e. The van der Waals surface area contributed by atoms with E-state index in [0.29, 0.717) is 5.41 Å². The smallest absolute Gasteiger partial charge is 0.180 e. The number of rotatable bonds is 4. The quantitative estimate of drug-likeness (QED) is 0.867. The van der Waals surface area contributed by atoms with Gasteiger partial charge in [0, 0.05) is 26.0 Å². The third-order valence-corrected chi connectivity index (χ3v) is 3.86. The molecule has 1 aliphatic carbocycles. The molecule has 5 nitrogen and oxygen atoms in total. The second kappa shape index (κ2) is 3.86. The number of hydrogen-bond donors (Lipinski definition) is 2. The Hall–Kier alpha value is -1.78. The van der Waals surface area contributed by atoms with E-state index in [4.69, 9.17) is 0 Å². The topological polar surface area (TPSA) is 54.2 Å². The van der Waals surface area contributed by atoms with Crippen LogP contribution in [-0.4, -0.2) is 28.0 Å². The summed E-state index contributed by atoms with van der Waals surface area (Å²) in [6, 6.07) is 0. The molecule has 2 aromatic rings. The molecule has 1 saturated carbocycles. The first-order chi connectivity index (χ1) is 8.60. The number of imidazole rings is 1. The van der Waals surface area contributed by atoms with Crippen molar-refractivity contribution >= 4 is 17.3 Å². The maximum atomic E-state index is 4.53. The van der Waals surface area contributed by atoms with Gasteiger partial charge in [0.05, 0.1) is 6.20 Å². The molecule has 2 N–H and O–H groups in total. The largest absolute Gasteiger partial charge is 0.372 e. The van der Waals surface area contributed by atoms with Gasteiger partial charge < -0.3 is 15.0 Å². The van der Waals surface area contributed by atoms with Crippen LogP contribution in [0.4, 0.5) is 11.6 Å². The summed E-state index contributed by atoms with van der Waals surface area (Å²) in [6.45, 7) is 5.58. The Morgan fingerprint density at radius 2 is 2.28 bits per heavy atom. The van der Waals surface area contributed by atoms with E-state index in [1.165, 1.54) is 6.42 Å². The van der Waals surface area contributed by atoms with Crippen molar-refractivity contribution in [2.75, 3.05) is 24.2 Å². The molecule has 2 heterocycles. The van der Waals surface area contributed by atoms with Crippen LogP contribution in [0, 0.1) is 11.3 Å². The van der Waals surface area contributed by atoms with E-state index in [-0.39, 0.29) is 0 Å². The van der Waals surface area contributed by atoms with Gasteiger partial charge in [-0.15, -0.1) is 0 Å². The van der Waals surface area contributed by atoms with E-state index >= 15 is 0 Å². The fraction of sp³-hybridized carbons (Fsp3) is 0.538. The SMILES string of the molecule is CNc1cn2ccnc2c(NCC2CC2(C)C)n1. The zero-order chi connectivity index (χ0) is 12.8. The second-order valence-corrected chi connectivity index (χ2v) is 5.65. The summed E-state index contributed by atoms with van der Waals surface area (Å²) >= 11 is 0. The minimum atomic E-state index is 0.485. The highest BCUT2D eigenvalue weighted by Crippen LogP contribution is 2.51. The van der Waals surface area contributed by atoms with Crippen molar-refractivity contribution in [2.24, 2.45) is 11.3 Å². The van der Waals surface area contributed by atoms with Crippen molar-refractivity contribution in [3.8, 4) is 0 Å². The van der Waals surface area contributed by atoms with Crippen LogP contribution in [0.25, 0.3) is 5.65 Å². The molecule has 1 atom stereocenters. The van der Waals surface area contributed by atoms with E-state index < -0.39 is 0 Å². The third-order valence-electron chi connectivity index (χ3n) is 3.86. The highest BCUT2D eigenvalue weighted by molar-refractivity contribution is 5.65. The van der Waals surface area contributed by atoms with Gasteiger partial charge in [-0.3, -0.25) is 0 Å². The van der Waals surface area contributed by atoms with Crippen molar-refractivity contribution in [3.63, 3.8) is 0 Å². The zero-order valence-electron chi connectivity index (χ0n) is 11.1. The average molecular weight is 245 g/mol. The molecular formula is C13H19N5. The average Bonchev–Trinajstić information content (AvgIpc) is 2.78. The molecule has 18 heavy (non-hydrogen) atoms. The van der Waals surface area contributed by atoms with Crippen molar-refractivity contribution in [2.45, 2.75) is 20.3 Å². The standard InChI is InChI=1S/C13H19N5/c1-13(2)6-9(13)7-16-11-12-15-4-5-18(12)8-10(14-3)17-11/h4-5,8-9,14H,6-7H2,1-3H3,(H,16,17). The van der Waals surface area contributed by atoms with E-state index in [2.05, 4.69) is 34.4 Å². The molecule has 5 heteroatoms. The number of nitrogens with zero attached hydrogens (tertiary/aromatic N) is 3. The minimum absolute atomic E-state index is 0.485. The summed E-state index contributed by atoms with van der Waals surface area (Å²) in [5, 5.41) is 6.50. The van der Waals surface area contributed by atoms with Crippen LogP contribution in [0.1, 0.15) is 20.3 Å². The molecule has 1 aliphatic rings. The van der Waals surface area contributed by atoms with Crippen LogP contribution in [-0.2, 0) is 0 Å². The van der Waals surface area contributed by atoms with E-state index in [1.807, 2.05) is 23.8 Å². The van der Waals surface area contributed by atoms with Gasteiger partial charge in [0.25, 0.3) is 0 Å². The van der Waals surface area contributed by atoms with Crippen molar-refractivity contribution in [1.82, 2.24) is 14.4 Å². The van der Waals surface area contributed by atoms with Gasteiger partial charge in [-0.25, -0.2) is 9.97 Å². The van der Waals surface area contributed by atoms with Crippen LogP contribution in [0.2, 0.25) is 0 Å². The van der Waals surface area contributed by atoms with Crippen LogP contribution < -0.4 is 10.6 Å². The number of hydrogen-bond acceptors (Lipinski definition) is 4. The molecule has 0 aromatic carbocycles. The highest BCUT2D eigenvalue weighted by atomic mass is 15.1. The second-order valence-electron chi connectivity index (χ2n) is 5.65. The number of aromatic nitrogens is 3. The molecule has 2 aromatic heterocycles. The minimum Gasteiger partial charge on any atom is -0.372 e. The Balaban J connectivity index is 1.83. The van der Waals surface area contributed by atoms with Crippen LogP contribution in [0.15, 0.2) is 18.6 Å². The fourth-order valence-corrected chi connectivity index (χ4v) is 2.32. The van der Waals surface area contributed by atoms with Gasteiger partial charge in [-0.1, -0.05) is 13.8 Å². The fourth-order valence-electron chi connectivity index (χ4n) is 2.32. The lowest BCUT2D eigenvalue weighted by Crippen LogP contribution is -2.10. The Morgan fingerprint density at radius 1 is 1.50 bits per heavy atom. The first kappa shape index (κ1) is 11.3. The first-order valence-corrected chi connectivity index (χ1v) is 6.35. The first-order valence-electron chi connectivity index (χ1n) is 6.35. The molecule has 0 saturated heterocycles. The molecule has 1 fully saturated rings. The van der Waals surface area contributed by atoms with Gasteiger partial charge in [0.2, 0.25) is 0 Å². The van der Waals surface area contributed by atoms with E-state index in [9.17, 15) is 0 Å². The molecule has 0 radical (unpaired) electrons. The summed E-state index contributed by atoms with van der Waals surface area (Å²) in [7, 11) is 1.87. The highest BCUT2D eigenvalue weighted by Gasteiger charge is 2.45. The predicted octanol–water partition coefficient (Wildman–Crippen LogP) is 2.23. The van der Waals surface area contributed by atoms with Gasteiger partial charge in [-0.2, -0.15) is 0 Å². The predicted molar refractivity (Wildman–Crippen MR) is 72.9 cm³/mol. The lowest BCUT2D eigenvalue weighted by Gasteiger charge is -2.10. The van der Waals surface area contributed by atoms with Crippen molar-refractivity contribution < 1.29 is 0 Å². The van der Waals surface area contributed by atoms with Crippen LogP contribution in [0.5, 0.6) is 0 Å². The van der Waals surface area contributed by atoms with Gasteiger partial charge >= 0.3 is 0 Å². The van der Waals surface area contributed by atoms with E-state index in [0.717, 1.165) is 29.7 Å². The summed E-state index contributed by atoms with van der Waals surface area (Å²) in [6.07, 6.45) is 6.96. The van der Waals surface area contributed by atoms with Crippen LogP contribution >= 0.6 is 0 Å². The number of anilines is 2. The monoisotopic (exact) mass is 245 g/mol. The third kappa shape index (κ3) is 1.89. The molecule has 0 amide bonds. The Bertz CT molecular complexity index is 572. The van der Waals surface area contributed by atoms with Crippen LogP contribution in [0.3, 0.4) is 0 Å². The Labute approximate surface area is 107 Å². The van der Waals surface area contributed by atoms with Crippen molar-refractivity contribution in [1.29, 1.82) is 0 Å². The summed E-state index contributed by atoms with van der Waals surface area (Å²) < 4.78 is 1.99. The molecule has 1 unspecified atom stereocenters. The molecule has 0 spiro atoms. The molecule has 3 rings (SSSR count). The molecule has 0 bridgehead atoms. The van der Waals surface area contributed by atoms with E-state index in [1.54, 1.807) is 6.20 Å². The zero-order valence-corrected chi connectivity index (χ0v) is 11.1. The normalized spacial score (nSPS) is 20.9. The summed E-state index contributed by atoms with van der Waals surface area (Å²) in [5.41, 5.74) is 1.37. The Kier molecular flexibility index (Phi) is 2.43. The summed E-state index contributed by atoms with van der Waals surface area (Å²) in [4.78, 5) is 8.87. The van der Waals surface area contributed by atoms with Gasteiger partial charge in [-0.05, 0) is 17.8 Å². The number of nitrogens with one attached hydrogen (secondary N) is 2. The maximum absolute atomic E-state index is 4.53. The molecule has 96 valence electrons. The Morgan fingerprint density at radius 3 is 2.94 bits per heavy atom.